The van der Waals surface area contributed by atoms with Gasteiger partial charge in [0.15, 0.2) is 5.13 Å². The van der Waals surface area contributed by atoms with Crippen LogP contribution in [0.5, 0.6) is 0 Å². The summed E-state index contributed by atoms with van der Waals surface area (Å²) in [6.07, 6.45) is 1.04. The van der Waals surface area contributed by atoms with Crippen molar-refractivity contribution in [1.82, 2.24) is 9.71 Å². The number of ether oxygens (including phenoxy) is 1. The lowest BCUT2D eigenvalue weighted by molar-refractivity contribution is 0.0636. The third kappa shape index (κ3) is 7.31. The van der Waals surface area contributed by atoms with E-state index in [4.69, 9.17) is 27.9 Å². The Morgan fingerprint density at radius 1 is 1.21 bits per heavy atom. The van der Waals surface area contributed by atoms with E-state index >= 15 is 0 Å². The summed E-state index contributed by atoms with van der Waals surface area (Å²) in [5.74, 6) is 0. The zero-order valence-corrected chi connectivity index (χ0v) is 20.3. The Bertz CT molecular complexity index is 863. The summed E-state index contributed by atoms with van der Waals surface area (Å²) in [7, 11) is 0. The summed E-state index contributed by atoms with van der Waals surface area (Å²) in [6.45, 7) is 11.0. The van der Waals surface area contributed by atoms with E-state index in [1.54, 1.807) is 39.1 Å². The summed E-state index contributed by atoms with van der Waals surface area (Å²) >= 11 is 12.1. The molecular formula is C19H25Cl2N3O3S2. The summed E-state index contributed by atoms with van der Waals surface area (Å²) < 4.78 is 20.7. The molecule has 0 bridgehead atoms. The Kier molecular flexibility index (Phi) is 7.86. The largest absolute Gasteiger partial charge is 0.598 e. The average molecular weight is 478 g/mol. The highest BCUT2D eigenvalue weighted by molar-refractivity contribution is 7.90. The third-order valence-electron chi connectivity index (χ3n) is 3.47. The number of benzene rings is 1. The topological polar surface area (TPSA) is 86.3 Å². The molecule has 0 aliphatic rings. The van der Waals surface area contributed by atoms with Gasteiger partial charge in [-0.2, -0.15) is 0 Å². The molecule has 0 fully saturated rings. The lowest BCUT2D eigenvalue weighted by atomic mass is 10.1. The van der Waals surface area contributed by atoms with Crippen molar-refractivity contribution in [2.24, 2.45) is 0 Å². The SMILES string of the molecule is CC(C)(C)OC(=O)Nc1ncc([C@H](N[S+]([O-])C(C)(C)C)c2ccc(Cl)c(Cl)c2)s1. The molecule has 6 nitrogen and oxygen atoms in total. The molecule has 2 rings (SSSR count). The minimum Gasteiger partial charge on any atom is -0.598 e. The molecule has 1 heterocycles. The number of carbonyl (C=O) groups excluding carboxylic acids is 1. The quantitative estimate of drug-likeness (QED) is 0.520. The lowest BCUT2D eigenvalue weighted by Gasteiger charge is -2.27. The third-order valence-corrected chi connectivity index (χ3v) is 6.75. The molecule has 0 aliphatic carbocycles. The molecule has 1 aromatic heterocycles. The van der Waals surface area contributed by atoms with Gasteiger partial charge in [0.05, 0.1) is 14.9 Å². The molecule has 2 N–H and O–H groups in total. The average Bonchev–Trinajstić information content (AvgIpc) is 3.00. The monoisotopic (exact) mass is 477 g/mol. The predicted octanol–water partition coefficient (Wildman–Crippen LogP) is 5.94. The maximum Gasteiger partial charge on any atom is 0.413 e. The minimum atomic E-state index is -1.35. The fourth-order valence-corrected chi connectivity index (χ4v) is 4.23. The van der Waals surface area contributed by atoms with Crippen LogP contribution < -0.4 is 10.0 Å². The highest BCUT2D eigenvalue weighted by atomic mass is 35.5. The van der Waals surface area contributed by atoms with Gasteiger partial charge in [0.1, 0.15) is 16.4 Å². The first kappa shape index (κ1) is 24.2. The maximum atomic E-state index is 12.8. The summed E-state index contributed by atoms with van der Waals surface area (Å²) in [4.78, 5) is 17.0. The van der Waals surface area contributed by atoms with E-state index in [2.05, 4.69) is 15.0 Å². The molecular weight excluding hydrogens is 453 g/mol. The van der Waals surface area contributed by atoms with Crippen LogP contribution in [0.25, 0.3) is 0 Å². The fourth-order valence-electron chi connectivity index (χ4n) is 2.13. The Labute approximate surface area is 188 Å². The molecule has 10 heteroatoms. The van der Waals surface area contributed by atoms with Gasteiger partial charge in [0, 0.05) is 17.6 Å². The zero-order valence-electron chi connectivity index (χ0n) is 17.1. The van der Waals surface area contributed by atoms with Gasteiger partial charge in [-0.25, -0.2) is 9.78 Å². The van der Waals surface area contributed by atoms with Gasteiger partial charge in [-0.05, 0) is 59.2 Å². The van der Waals surface area contributed by atoms with E-state index in [-0.39, 0.29) is 0 Å². The number of carbonyl (C=O) groups is 1. The van der Waals surface area contributed by atoms with Crippen LogP contribution in [-0.4, -0.2) is 26.0 Å². The van der Waals surface area contributed by atoms with Crippen LogP contribution in [0, 0.1) is 0 Å². The number of halogens is 2. The van der Waals surface area contributed by atoms with E-state index in [0.717, 1.165) is 10.4 Å². The summed E-state index contributed by atoms with van der Waals surface area (Å²) in [5.41, 5.74) is 0.169. The van der Waals surface area contributed by atoms with Gasteiger partial charge in [-0.1, -0.05) is 40.6 Å². The number of nitrogens with one attached hydrogen (secondary N) is 2. The second-order valence-electron chi connectivity index (χ2n) is 8.30. The van der Waals surface area contributed by atoms with Crippen molar-refractivity contribution in [3.8, 4) is 0 Å². The van der Waals surface area contributed by atoms with Crippen LogP contribution in [0.4, 0.5) is 9.93 Å². The van der Waals surface area contributed by atoms with Gasteiger partial charge >= 0.3 is 6.09 Å². The zero-order chi connectivity index (χ0) is 22.0. The van der Waals surface area contributed by atoms with E-state index < -0.39 is 33.8 Å². The van der Waals surface area contributed by atoms with Crippen molar-refractivity contribution in [1.29, 1.82) is 0 Å². The van der Waals surface area contributed by atoms with Gasteiger partial charge in [-0.15, -0.1) is 4.72 Å². The number of nitrogens with zero attached hydrogens (tertiary/aromatic N) is 1. The number of hydrogen-bond acceptors (Lipinski definition) is 6. The molecule has 0 saturated carbocycles. The number of aromatic nitrogens is 1. The molecule has 1 amide bonds. The van der Waals surface area contributed by atoms with Crippen molar-refractivity contribution in [3.05, 3.63) is 44.9 Å². The number of rotatable bonds is 5. The number of anilines is 1. The predicted molar refractivity (Wildman–Crippen MR) is 121 cm³/mol. The number of hydrogen-bond donors (Lipinski definition) is 2. The van der Waals surface area contributed by atoms with Crippen molar-refractivity contribution in [3.63, 3.8) is 0 Å². The van der Waals surface area contributed by atoms with Crippen LogP contribution in [0.2, 0.25) is 10.0 Å². The van der Waals surface area contributed by atoms with E-state index in [1.807, 2.05) is 26.8 Å². The molecule has 0 spiro atoms. The first-order chi connectivity index (χ1) is 13.3. The number of amides is 1. The van der Waals surface area contributed by atoms with Crippen LogP contribution in [0.3, 0.4) is 0 Å². The maximum absolute atomic E-state index is 12.8. The minimum absolute atomic E-state index is 0.377. The van der Waals surface area contributed by atoms with Gasteiger partial charge in [0.2, 0.25) is 0 Å². The first-order valence-corrected chi connectivity index (χ1v) is 11.6. The first-order valence-electron chi connectivity index (χ1n) is 8.85. The molecule has 29 heavy (non-hydrogen) atoms. The van der Waals surface area contributed by atoms with Gasteiger partial charge < -0.3 is 9.29 Å². The Morgan fingerprint density at radius 2 is 1.86 bits per heavy atom. The molecule has 160 valence electrons. The Balaban J connectivity index is 2.30. The highest BCUT2D eigenvalue weighted by Gasteiger charge is 2.32. The summed E-state index contributed by atoms with van der Waals surface area (Å²) in [5, 5.41) is 3.83. The van der Waals surface area contributed by atoms with Crippen LogP contribution in [0.15, 0.2) is 24.4 Å². The van der Waals surface area contributed by atoms with Gasteiger partial charge in [-0.3, -0.25) is 5.32 Å². The van der Waals surface area contributed by atoms with Crippen LogP contribution in [0.1, 0.15) is 58.0 Å². The molecule has 0 saturated heterocycles. The van der Waals surface area contributed by atoms with Crippen molar-refractivity contribution in [2.75, 3.05) is 5.32 Å². The second kappa shape index (κ2) is 9.41. The van der Waals surface area contributed by atoms with Crippen LogP contribution >= 0.6 is 34.5 Å². The van der Waals surface area contributed by atoms with Crippen molar-refractivity contribution >= 4 is 57.1 Å². The number of thiazole rings is 1. The lowest BCUT2D eigenvalue weighted by Crippen LogP contribution is -2.41. The smallest absolute Gasteiger partial charge is 0.413 e. The highest BCUT2D eigenvalue weighted by Crippen LogP contribution is 2.34. The molecule has 1 aromatic carbocycles. The molecule has 2 atom stereocenters. The van der Waals surface area contributed by atoms with Gasteiger partial charge in [0.25, 0.3) is 0 Å². The van der Waals surface area contributed by atoms with E-state index in [1.165, 1.54) is 11.3 Å². The fraction of sp³-hybridized carbons (Fsp3) is 0.474. The molecule has 0 radical (unpaired) electrons. The second-order valence-corrected chi connectivity index (χ2v) is 12.2. The standard InChI is InChI=1S/C19H25Cl2N3O3S2/c1-18(2,3)27-17(25)23-16-22-10-14(28-16)15(24-29(26)19(4,5)6)11-7-8-12(20)13(21)9-11/h7-10,15,24H,1-6H3,(H,22,23,25)/t15-,29?/m1/s1. The summed E-state index contributed by atoms with van der Waals surface area (Å²) in [6, 6.07) is 4.78. The van der Waals surface area contributed by atoms with Crippen molar-refractivity contribution < 1.29 is 14.1 Å². The van der Waals surface area contributed by atoms with E-state index in [9.17, 15) is 9.35 Å². The van der Waals surface area contributed by atoms with Crippen molar-refractivity contribution in [2.45, 2.75) is 57.9 Å². The Hall–Kier alpha value is -1.03. The normalized spacial score (nSPS) is 14.4. The van der Waals surface area contributed by atoms with E-state index in [0.29, 0.717) is 15.2 Å². The molecule has 2 aromatic rings. The Morgan fingerprint density at radius 3 is 2.41 bits per heavy atom. The van der Waals surface area contributed by atoms with Crippen LogP contribution in [-0.2, 0) is 16.1 Å². The molecule has 1 unspecified atom stereocenters. The molecule has 0 aliphatic heterocycles.